The highest BCUT2D eigenvalue weighted by atomic mass is 16.5. The van der Waals surface area contributed by atoms with E-state index in [0.29, 0.717) is 13.2 Å². The fourth-order valence-electron chi connectivity index (χ4n) is 3.15. The fraction of sp³-hybridized carbons (Fsp3) is 0.938. The standard InChI is InChI=1S/C16H32N2O3/c1-7-21-14(19)16(5,17-13(2)3)12-18-10-8-9-15(4,11-18)20-6/h13,17H,7-12H2,1-6H3. The van der Waals surface area contributed by atoms with Crippen LogP contribution in [0.2, 0.25) is 0 Å². The zero-order valence-corrected chi connectivity index (χ0v) is 14.5. The second-order valence-electron chi connectivity index (χ2n) is 6.82. The number of piperidine rings is 1. The molecule has 5 heteroatoms. The normalized spacial score (nSPS) is 26.6. The van der Waals surface area contributed by atoms with Gasteiger partial charge in [-0.25, -0.2) is 0 Å². The highest BCUT2D eigenvalue weighted by Crippen LogP contribution is 2.25. The first-order chi connectivity index (χ1) is 9.74. The van der Waals surface area contributed by atoms with Gasteiger partial charge in [0.25, 0.3) is 0 Å². The van der Waals surface area contributed by atoms with Gasteiger partial charge in [-0.15, -0.1) is 0 Å². The van der Waals surface area contributed by atoms with Crippen molar-refractivity contribution in [1.29, 1.82) is 0 Å². The van der Waals surface area contributed by atoms with E-state index < -0.39 is 5.54 Å². The molecule has 2 unspecified atom stereocenters. The van der Waals surface area contributed by atoms with E-state index in [9.17, 15) is 4.79 Å². The Bertz CT molecular complexity index is 348. The number of hydrogen-bond donors (Lipinski definition) is 1. The van der Waals surface area contributed by atoms with Crippen LogP contribution in [0.1, 0.15) is 47.5 Å². The molecule has 0 spiro atoms. The van der Waals surface area contributed by atoms with E-state index in [1.165, 1.54) is 0 Å². The molecule has 0 aromatic rings. The number of likely N-dealkylation sites (tertiary alicyclic amines) is 1. The average molecular weight is 300 g/mol. The summed E-state index contributed by atoms with van der Waals surface area (Å²) in [5.41, 5.74) is -0.804. The lowest BCUT2D eigenvalue weighted by Gasteiger charge is -2.43. The van der Waals surface area contributed by atoms with E-state index in [1.54, 1.807) is 7.11 Å². The van der Waals surface area contributed by atoms with Crippen molar-refractivity contribution in [3.05, 3.63) is 0 Å². The third-order valence-corrected chi connectivity index (χ3v) is 4.10. The van der Waals surface area contributed by atoms with Gasteiger partial charge >= 0.3 is 5.97 Å². The molecule has 0 radical (unpaired) electrons. The molecule has 1 heterocycles. The van der Waals surface area contributed by atoms with Crippen LogP contribution in [0.25, 0.3) is 0 Å². The van der Waals surface area contributed by atoms with Gasteiger partial charge in [0.15, 0.2) is 0 Å². The molecule has 1 fully saturated rings. The minimum atomic E-state index is -0.684. The summed E-state index contributed by atoms with van der Waals surface area (Å²) in [6.45, 7) is 12.9. The minimum absolute atomic E-state index is 0.119. The molecule has 0 aromatic carbocycles. The second kappa shape index (κ2) is 7.56. The molecule has 0 aliphatic carbocycles. The van der Waals surface area contributed by atoms with Crippen LogP contribution in [0.3, 0.4) is 0 Å². The molecule has 2 atom stereocenters. The van der Waals surface area contributed by atoms with Gasteiger partial charge in [-0.1, -0.05) is 0 Å². The van der Waals surface area contributed by atoms with Crippen LogP contribution in [-0.4, -0.2) is 61.4 Å². The molecule has 1 saturated heterocycles. The molecule has 1 rings (SSSR count). The lowest BCUT2D eigenvalue weighted by molar-refractivity contribution is -0.152. The Morgan fingerprint density at radius 1 is 1.48 bits per heavy atom. The Morgan fingerprint density at radius 3 is 2.67 bits per heavy atom. The topological polar surface area (TPSA) is 50.8 Å². The third-order valence-electron chi connectivity index (χ3n) is 4.10. The Morgan fingerprint density at radius 2 is 2.14 bits per heavy atom. The number of carbonyl (C=O) groups excluding carboxylic acids is 1. The molecule has 0 bridgehead atoms. The van der Waals surface area contributed by atoms with Crippen molar-refractivity contribution in [2.24, 2.45) is 0 Å². The molecule has 0 aromatic heterocycles. The van der Waals surface area contributed by atoms with Gasteiger partial charge in [-0.2, -0.15) is 0 Å². The molecule has 124 valence electrons. The van der Waals surface area contributed by atoms with E-state index >= 15 is 0 Å². The maximum absolute atomic E-state index is 12.4. The van der Waals surface area contributed by atoms with Crippen LogP contribution in [0, 0.1) is 0 Å². The first-order valence-corrected chi connectivity index (χ1v) is 7.97. The van der Waals surface area contributed by atoms with Crippen molar-refractivity contribution >= 4 is 5.97 Å². The Kier molecular flexibility index (Phi) is 6.63. The number of carbonyl (C=O) groups is 1. The summed E-state index contributed by atoms with van der Waals surface area (Å²) in [5, 5.41) is 3.38. The number of methoxy groups -OCH3 is 1. The summed E-state index contributed by atoms with van der Waals surface area (Å²) in [6.07, 6.45) is 2.15. The zero-order chi connectivity index (χ0) is 16.1. The number of esters is 1. The van der Waals surface area contributed by atoms with Gasteiger partial charge in [0.05, 0.1) is 12.2 Å². The first kappa shape index (κ1) is 18.4. The molecule has 0 amide bonds. The van der Waals surface area contributed by atoms with Crippen molar-refractivity contribution in [2.75, 3.05) is 33.4 Å². The van der Waals surface area contributed by atoms with Crippen molar-refractivity contribution in [3.8, 4) is 0 Å². The minimum Gasteiger partial charge on any atom is -0.465 e. The zero-order valence-electron chi connectivity index (χ0n) is 14.5. The summed E-state index contributed by atoms with van der Waals surface area (Å²) in [5.74, 6) is -0.177. The lowest BCUT2D eigenvalue weighted by Crippen LogP contribution is -2.61. The van der Waals surface area contributed by atoms with Crippen molar-refractivity contribution in [3.63, 3.8) is 0 Å². The van der Waals surface area contributed by atoms with E-state index in [-0.39, 0.29) is 17.6 Å². The molecular formula is C16H32N2O3. The van der Waals surface area contributed by atoms with Gasteiger partial charge in [-0.05, 0) is 54.0 Å². The smallest absolute Gasteiger partial charge is 0.327 e. The first-order valence-electron chi connectivity index (χ1n) is 7.97. The maximum Gasteiger partial charge on any atom is 0.327 e. The molecule has 21 heavy (non-hydrogen) atoms. The van der Waals surface area contributed by atoms with Crippen LogP contribution in [0.5, 0.6) is 0 Å². The SMILES string of the molecule is CCOC(=O)C(C)(CN1CCCC(C)(OC)C1)NC(C)C. The third kappa shape index (κ3) is 5.24. The highest BCUT2D eigenvalue weighted by molar-refractivity contribution is 5.80. The van der Waals surface area contributed by atoms with Crippen LogP contribution in [-0.2, 0) is 14.3 Å². The Hall–Kier alpha value is -0.650. The molecule has 1 N–H and O–H groups in total. The van der Waals surface area contributed by atoms with Crippen LogP contribution in [0.15, 0.2) is 0 Å². The Balaban J connectivity index is 2.78. The van der Waals surface area contributed by atoms with Gasteiger partial charge < -0.3 is 9.47 Å². The number of nitrogens with zero attached hydrogens (tertiary/aromatic N) is 1. The molecular weight excluding hydrogens is 268 g/mol. The fourth-order valence-corrected chi connectivity index (χ4v) is 3.15. The molecule has 5 nitrogen and oxygen atoms in total. The van der Waals surface area contributed by atoms with Gasteiger partial charge in [-0.3, -0.25) is 15.0 Å². The molecule has 1 aliphatic rings. The number of hydrogen-bond acceptors (Lipinski definition) is 5. The van der Waals surface area contributed by atoms with Gasteiger partial charge in [0.2, 0.25) is 0 Å². The number of ether oxygens (including phenoxy) is 2. The largest absolute Gasteiger partial charge is 0.465 e. The maximum atomic E-state index is 12.4. The predicted molar refractivity (Wildman–Crippen MR) is 84.4 cm³/mol. The predicted octanol–water partition coefficient (Wildman–Crippen LogP) is 1.81. The van der Waals surface area contributed by atoms with Gasteiger partial charge in [0, 0.05) is 26.2 Å². The van der Waals surface area contributed by atoms with E-state index in [2.05, 4.69) is 17.1 Å². The quantitative estimate of drug-likeness (QED) is 0.727. The second-order valence-corrected chi connectivity index (χ2v) is 6.82. The van der Waals surface area contributed by atoms with Crippen molar-refractivity contribution in [1.82, 2.24) is 10.2 Å². The summed E-state index contributed by atoms with van der Waals surface area (Å²) in [7, 11) is 1.76. The summed E-state index contributed by atoms with van der Waals surface area (Å²) in [6, 6.07) is 0.220. The number of rotatable bonds is 7. The van der Waals surface area contributed by atoms with Crippen molar-refractivity contribution in [2.45, 2.75) is 64.6 Å². The molecule has 0 saturated carbocycles. The molecule has 1 aliphatic heterocycles. The van der Waals surface area contributed by atoms with Crippen LogP contribution >= 0.6 is 0 Å². The van der Waals surface area contributed by atoms with Crippen LogP contribution in [0.4, 0.5) is 0 Å². The average Bonchev–Trinajstić information content (AvgIpc) is 2.38. The highest BCUT2D eigenvalue weighted by Gasteiger charge is 2.40. The monoisotopic (exact) mass is 300 g/mol. The van der Waals surface area contributed by atoms with Gasteiger partial charge in [0.1, 0.15) is 5.54 Å². The summed E-state index contributed by atoms with van der Waals surface area (Å²) < 4.78 is 10.9. The lowest BCUT2D eigenvalue weighted by atomic mass is 9.92. The van der Waals surface area contributed by atoms with E-state index in [4.69, 9.17) is 9.47 Å². The summed E-state index contributed by atoms with van der Waals surface area (Å²) in [4.78, 5) is 14.7. The van der Waals surface area contributed by atoms with E-state index in [0.717, 1.165) is 25.9 Å². The van der Waals surface area contributed by atoms with E-state index in [1.807, 2.05) is 27.7 Å². The summed E-state index contributed by atoms with van der Waals surface area (Å²) >= 11 is 0. The Labute approximate surface area is 129 Å². The number of nitrogens with one attached hydrogen (secondary N) is 1. The van der Waals surface area contributed by atoms with Crippen LogP contribution < -0.4 is 5.32 Å². The van der Waals surface area contributed by atoms with Crippen molar-refractivity contribution < 1.29 is 14.3 Å².